The summed E-state index contributed by atoms with van der Waals surface area (Å²) in [5.41, 5.74) is 7.53. The average molecular weight is 757 g/mol. The Balaban J connectivity index is 1.21. The van der Waals surface area contributed by atoms with Gasteiger partial charge in [0.15, 0.2) is 0 Å². The second kappa shape index (κ2) is 15.6. The van der Waals surface area contributed by atoms with E-state index in [1.165, 1.54) is 24.4 Å². The molecule has 0 atom stereocenters. The number of rotatable bonds is 6. The minimum Gasteiger partial charge on any atom is -0.443 e. The summed E-state index contributed by atoms with van der Waals surface area (Å²) in [6.07, 6.45) is -3.48. The summed E-state index contributed by atoms with van der Waals surface area (Å²) in [4.78, 5) is 53.3. The van der Waals surface area contributed by atoms with Gasteiger partial charge in [-0.25, -0.2) is 19.7 Å². The van der Waals surface area contributed by atoms with Crippen LogP contribution in [0.5, 0.6) is 0 Å². The zero-order valence-electron chi connectivity index (χ0n) is 31.4. The van der Waals surface area contributed by atoms with Crippen molar-refractivity contribution < 1.29 is 32.3 Å². The fourth-order valence-corrected chi connectivity index (χ4v) is 6.64. The molecule has 0 unspecified atom stereocenters. The Morgan fingerprint density at radius 1 is 0.982 bits per heavy atom. The van der Waals surface area contributed by atoms with Crippen LogP contribution in [0.2, 0.25) is 0 Å². The van der Waals surface area contributed by atoms with Gasteiger partial charge >= 0.3 is 12.3 Å². The standard InChI is InChI=1S/C40H43F3N8O4/c1-6-49-16-18-50(19-17-49)24-28-12-13-29(21-31(28)40(41,42)43)46-35(52)26-9-7-8-25(20-26)10-11-27-23-45-37(44)47-34(27)33-22-30-32(48(33)5)14-15-51(36(30)53)38(54)55-39(2,3)4/h7-9,12-13,20-23H,6,14-19,24H2,1-5H3,(H,46,52)(H2,44,45,47). The van der Waals surface area contributed by atoms with Crippen molar-refractivity contribution in [1.82, 2.24) is 29.2 Å². The molecule has 3 N–H and O–H groups in total. The van der Waals surface area contributed by atoms with Gasteiger partial charge in [-0.2, -0.15) is 13.2 Å². The smallest absolute Gasteiger partial charge is 0.417 e. The molecule has 1 saturated heterocycles. The fraction of sp³-hybridized carbons (Fsp3) is 0.375. The quantitative estimate of drug-likeness (QED) is 0.234. The molecule has 4 aromatic rings. The highest BCUT2D eigenvalue weighted by molar-refractivity contribution is 6.06. The van der Waals surface area contributed by atoms with Gasteiger partial charge in [0, 0.05) is 81.4 Å². The monoisotopic (exact) mass is 756 g/mol. The van der Waals surface area contributed by atoms with Crippen LogP contribution in [0, 0.1) is 11.8 Å². The number of piperazine rings is 1. The van der Waals surface area contributed by atoms with Crippen LogP contribution in [-0.2, 0) is 30.9 Å². The van der Waals surface area contributed by atoms with E-state index >= 15 is 0 Å². The topological polar surface area (TPSA) is 139 Å². The van der Waals surface area contributed by atoms with Gasteiger partial charge in [0.1, 0.15) is 11.3 Å². The number of hydrogen-bond acceptors (Lipinski definition) is 9. The summed E-state index contributed by atoms with van der Waals surface area (Å²) in [7, 11) is 1.78. The van der Waals surface area contributed by atoms with E-state index in [9.17, 15) is 27.6 Å². The zero-order chi connectivity index (χ0) is 39.7. The van der Waals surface area contributed by atoms with E-state index in [1.54, 1.807) is 52.1 Å². The van der Waals surface area contributed by atoms with Crippen LogP contribution in [-0.4, -0.2) is 92.0 Å². The number of imide groups is 1. The normalized spacial score (nSPS) is 15.3. The number of ether oxygens (including phenoxy) is 1. The molecule has 4 heterocycles. The molecule has 0 saturated carbocycles. The maximum atomic E-state index is 14.2. The lowest BCUT2D eigenvalue weighted by molar-refractivity contribution is -0.138. The molecule has 3 amide bonds. The molecule has 0 aliphatic carbocycles. The van der Waals surface area contributed by atoms with Crippen LogP contribution in [0.15, 0.2) is 54.7 Å². The third-order valence-electron chi connectivity index (χ3n) is 9.52. The third kappa shape index (κ3) is 8.98. The number of benzene rings is 2. The Bertz CT molecular complexity index is 2190. The minimum absolute atomic E-state index is 0.0170. The Morgan fingerprint density at radius 2 is 1.71 bits per heavy atom. The largest absolute Gasteiger partial charge is 0.443 e. The molecule has 0 bridgehead atoms. The van der Waals surface area contributed by atoms with E-state index in [-0.39, 0.29) is 35.9 Å². The van der Waals surface area contributed by atoms with Gasteiger partial charge in [0.05, 0.1) is 22.4 Å². The molecule has 2 aromatic carbocycles. The summed E-state index contributed by atoms with van der Waals surface area (Å²) in [6, 6.07) is 11.9. The highest BCUT2D eigenvalue weighted by Crippen LogP contribution is 2.35. The first-order valence-corrected chi connectivity index (χ1v) is 18.0. The van der Waals surface area contributed by atoms with Crippen LogP contribution >= 0.6 is 0 Å². The number of aromatic nitrogens is 3. The van der Waals surface area contributed by atoms with Crippen molar-refractivity contribution in [3.8, 4) is 23.2 Å². The Hall–Kier alpha value is -5.72. The number of nitrogens with two attached hydrogens (primary N) is 1. The number of likely N-dealkylation sites (N-methyl/N-ethyl adjacent to an activating group) is 1. The van der Waals surface area contributed by atoms with Crippen molar-refractivity contribution >= 4 is 29.5 Å². The van der Waals surface area contributed by atoms with Gasteiger partial charge in [0.25, 0.3) is 11.8 Å². The third-order valence-corrected chi connectivity index (χ3v) is 9.52. The molecule has 288 valence electrons. The molecule has 0 spiro atoms. The molecular weight excluding hydrogens is 713 g/mol. The van der Waals surface area contributed by atoms with Crippen molar-refractivity contribution in [2.45, 2.75) is 52.4 Å². The number of anilines is 2. The molecule has 15 heteroatoms. The van der Waals surface area contributed by atoms with Crippen molar-refractivity contribution in [1.29, 1.82) is 0 Å². The van der Waals surface area contributed by atoms with E-state index in [0.29, 0.717) is 53.3 Å². The molecule has 0 radical (unpaired) electrons. The molecule has 6 rings (SSSR count). The van der Waals surface area contributed by atoms with E-state index < -0.39 is 35.2 Å². The van der Waals surface area contributed by atoms with Crippen LogP contribution in [0.3, 0.4) is 0 Å². The SMILES string of the molecule is CCN1CCN(Cc2ccc(NC(=O)c3cccc(C#Cc4cnc(N)nc4-c4cc5c(n4C)CCN(C(=O)OC(C)(C)C)C5=O)c3)cc2C(F)(F)F)CC1. The highest BCUT2D eigenvalue weighted by atomic mass is 19.4. The molecular formula is C40H43F3N8O4. The van der Waals surface area contributed by atoms with E-state index in [2.05, 4.69) is 38.9 Å². The average Bonchev–Trinajstić information content (AvgIpc) is 3.47. The number of carbonyl (C=O) groups is 3. The number of amides is 3. The van der Waals surface area contributed by atoms with Gasteiger partial charge in [0.2, 0.25) is 5.95 Å². The lowest BCUT2D eigenvalue weighted by atomic mass is 10.0. The number of nitrogens with one attached hydrogen (secondary N) is 1. The van der Waals surface area contributed by atoms with Gasteiger partial charge in [-0.3, -0.25) is 14.5 Å². The first kappa shape index (κ1) is 39.0. The maximum Gasteiger partial charge on any atom is 0.417 e. The van der Waals surface area contributed by atoms with Gasteiger partial charge in [-0.1, -0.05) is 30.9 Å². The van der Waals surface area contributed by atoms with E-state index in [1.807, 2.05) is 9.47 Å². The second-order valence-corrected chi connectivity index (χ2v) is 14.5. The Morgan fingerprint density at radius 3 is 2.40 bits per heavy atom. The molecule has 1 fully saturated rings. The molecule has 55 heavy (non-hydrogen) atoms. The second-order valence-electron chi connectivity index (χ2n) is 14.5. The first-order valence-electron chi connectivity index (χ1n) is 18.0. The number of nitrogens with zero attached hydrogens (tertiary/aromatic N) is 6. The predicted molar refractivity (Wildman–Crippen MR) is 201 cm³/mol. The number of nitrogen functional groups attached to an aromatic ring is 1. The zero-order valence-corrected chi connectivity index (χ0v) is 31.4. The van der Waals surface area contributed by atoms with E-state index in [4.69, 9.17) is 10.5 Å². The van der Waals surface area contributed by atoms with Crippen molar-refractivity contribution in [2.75, 3.05) is 50.3 Å². The molecule has 2 aliphatic rings. The van der Waals surface area contributed by atoms with Gasteiger partial charge in [-0.05, 0) is 69.3 Å². The minimum atomic E-state index is -4.60. The van der Waals surface area contributed by atoms with Gasteiger partial charge in [-0.15, -0.1) is 0 Å². The summed E-state index contributed by atoms with van der Waals surface area (Å²) < 4.78 is 49.8. The van der Waals surface area contributed by atoms with Crippen molar-refractivity contribution in [3.05, 3.63) is 93.8 Å². The highest BCUT2D eigenvalue weighted by Gasteiger charge is 2.36. The lowest BCUT2D eigenvalue weighted by Crippen LogP contribution is -2.45. The first-order chi connectivity index (χ1) is 26.0. The van der Waals surface area contributed by atoms with Crippen LogP contribution < -0.4 is 11.1 Å². The summed E-state index contributed by atoms with van der Waals surface area (Å²) >= 11 is 0. The number of hydrogen-bond donors (Lipinski definition) is 2. The molecule has 12 nitrogen and oxygen atoms in total. The summed E-state index contributed by atoms with van der Waals surface area (Å²) in [5, 5.41) is 2.60. The van der Waals surface area contributed by atoms with Crippen molar-refractivity contribution in [2.24, 2.45) is 7.05 Å². The van der Waals surface area contributed by atoms with E-state index in [0.717, 1.165) is 30.6 Å². The number of fused-ring (bicyclic) bond motifs is 1. The number of halogens is 3. The van der Waals surface area contributed by atoms with Gasteiger partial charge < -0.3 is 25.3 Å². The van der Waals surface area contributed by atoms with Crippen LogP contribution in [0.4, 0.5) is 29.6 Å². The Kier molecular flexibility index (Phi) is 11.0. The van der Waals surface area contributed by atoms with Crippen LogP contribution in [0.25, 0.3) is 11.4 Å². The van der Waals surface area contributed by atoms with Crippen molar-refractivity contribution in [3.63, 3.8) is 0 Å². The Labute approximate surface area is 317 Å². The number of alkyl halides is 3. The summed E-state index contributed by atoms with van der Waals surface area (Å²) in [6.45, 7) is 11.4. The predicted octanol–water partition coefficient (Wildman–Crippen LogP) is 5.81. The molecule has 2 aromatic heterocycles. The maximum absolute atomic E-state index is 14.2. The lowest BCUT2D eigenvalue weighted by Gasteiger charge is -2.34. The fourth-order valence-electron chi connectivity index (χ4n) is 6.64. The number of carbonyl (C=O) groups excluding carboxylic acids is 3. The molecule has 2 aliphatic heterocycles. The summed E-state index contributed by atoms with van der Waals surface area (Å²) in [5.74, 6) is 4.94. The van der Waals surface area contributed by atoms with Crippen LogP contribution in [0.1, 0.15) is 76.4 Å².